The molecule has 5 aromatic rings. The summed E-state index contributed by atoms with van der Waals surface area (Å²) in [6, 6.07) is 24.1. The van der Waals surface area contributed by atoms with Gasteiger partial charge in [-0.15, -0.1) is 11.3 Å². The molecule has 5 rings (SSSR count). The third-order valence-corrected chi connectivity index (χ3v) is 6.19. The largest absolute Gasteiger partial charge is 0.288 e. The monoisotopic (exact) mass is 426 g/mol. The molecular weight excluding hydrogens is 407 g/mol. The molecule has 3 nitrogen and oxygen atoms in total. The Bertz CT molecular complexity index is 1440. The summed E-state index contributed by atoms with van der Waals surface area (Å²) in [6.45, 7) is 2.28. The molecule has 0 aliphatic carbocycles. The minimum atomic E-state index is -0.322. The zero-order valence-corrected chi connectivity index (χ0v) is 17.7. The van der Waals surface area contributed by atoms with E-state index in [1.54, 1.807) is 10.6 Å². The normalized spacial score (nSPS) is 11.2. The van der Waals surface area contributed by atoms with Crippen molar-refractivity contribution in [2.45, 2.75) is 13.5 Å². The number of halogens is 1. The molecule has 0 unspecified atom stereocenters. The van der Waals surface area contributed by atoms with E-state index >= 15 is 0 Å². The Kier molecular flexibility index (Phi) is 4.96. The van der Waals surface area contributed by atoms with E-state index < -0.39 is 0 Å². The second kappa shape index (κ2) is 7.93. The standard InChI is InChI=1S/C26H19FN2OS/c1-17-10-12-19(13-11-17)22-16-31-25-23(22)26(30)29(15-18-6-5-9-21(27)14-18)24(28-25)20-7-3-2-4-8-20/h2-14,16H,15H2,1H3. The number of thiophene rings is 1. The maximum Gasteiger partial charge on any atom is 0.263 e. The van der Waals surface area contributed by atoms with Crippen LogP contribution in [0.25, 0.3) is 32.7 Å². The van der Waals surface area contributed by atoms with Crippen molar-refractivity contribution in [3.63, 3.8) is 0 Å². The van der Waals surface area contributed by atoms with Gasteiger partial charge in [-0.1, -0.05) is 72.3 Å². The molecule has 0 amide bonds. The Morgan fingerprint density at radius 1 is 0.935 bits per heavy atom. The van der Waals surface area contributed by atoms with E-state index in [4.69, 9.17) is 4.98 Å². The summed E-state index contributed by atoms with van der Waals surface area (Å²) >= 11 is 1.47. The second-order valence-corrected chi connectivity index (χ2v) is 8.38. The number of aromatic nitrogens is 2. The van der Waals surface area contributed by atoms with Crippen LogP contribution < -0.4 is 5.56 Å². The maximum absolute atomic E-state index is 13.8. The van der Waals surface area contributed by atoms with Crippen molar-refractivity contribution < 1.29 is 4.39 Å². The quantitative estimate of drug-likeness (QED) is 0.339. The molecule has 0 saturated heterocycles. The predicted octanol–water partition coefficient (Wildman–Crippen LogP) is 6.29. The lowest BCUT2D eigenvalue weighted by Crippen LogP contribution is -2.24. The van der Waals surface area contributed by atoms with E-state index in [1.165, 1.54) is 23.5 Å². The first-order chi connectivity index (χ1) is 15.1. The van der Waals surface area contributed by atoms with Gasteiger partial charge in [0, 0.05) is 16.5 Å². The number of hydrogen-bond donors (Lipinski definition) is 0. The molecule has 2 aromatic heterocycles. The van der Waals surface area contributed by atoms with E-state index in [9.17, 15) is 9.18 Å². The maximum atomic E-state index is 13.8. The molecule has 0 N–H and O–H groups in total. The van der Waals surface area contributed by atoms with Gasteiger partial charge in [0.2, 0.25) is 0 Å². The topological polar surface area (TPSA) is 34.9 Å². The van der Waals surface area contributed by atoms with E-state index in [2.05, 4.69) is 0 Å². The SMILES string of the molecule is Cc1ccc(-c2csc3nc(-c4ccccc4)n(Cc4cccc(F)c4)c(=O)c23)cc1. The molecule has 5 heteroatoms. The van der Waals surface area contributed by atoms with Gasteiger partial charge >= 0.3 is 0 Å². The average molecular weight is 427 g/mol. The number of fused-ring (bicyclic) bond motifs is 1. The highest BCUT2D eigenvalue weighted by molar-refractivity contribution is 7.17. The Morgan fingerprint density at radius 3 is 2.45 bits per heavy atom. The number of rotatable bonds is 4. The molecule has 0 bridgehead atoms. The minimum absolute atomic E-state index is 0.120. The number of nitrogens with zero attached hydrogens (tertiary/aromatic N) is 2. The van der Waals surface area contributed by atoms with Crippen molar-refractivity contribution >= 4 is 21.6 Å². The van der Waals surface area contributed by atoms with E-state index in [-0.39, 0.29) is 17.9 Å². The highest BCUT2D eigenvalue weighted by Gasteiger charge is 2.18. The predicted molar refractivity (Wildman–Crippen MR) is 125 cm³/mol. The Balaban J connectivity index is 1.76. The zero-order chi connectivity index (χ0) is 21.4. The smallest absolute Gasteiger partial charge is 0.263 e. The van der Waals surface area contributed by atoms with Gasteiger partial charge in [0.15, 0.2) is 0 Å². The lowest BCUT2D eigenvalue weighted by molar-refractivity contribution is 0.623. The summed E-state index contributed by atoms with van der Waals surface area (Å²) in [5.41, 5.74) is 4.47. The van der Waals surface area contributed by atoms with Crippen LogP contribution in [0.4, 0.5) is 4.39 Å². The molecule has 0 aliphatic heterocycles. The van der Waals surface area contributed by atoms with Crippen molar-refractivity contribution in [1.29, 1.82) is 0 Å². The van der Waals surface area contributed by atoms with Crippen molar-refractivity contribution in [3.05, 3.63) is 112 Å². The van der Waals surface area contributed by atoms with Crippen molar-refractivity contribution in [3.8, 4) is 22.5 Å². The summed E-state index contributed by atoms with van der Waals surface area (Å²) < 4.78 is 15.5. The van der Waals surface area contributed by atoms with Crippen LogP contribution in [0.3, 0.4) is 0 Å². The van der Waals surface area contributed by atoms with Gasteiger partial charge < -0.3 is 0 Å². The summed E-state index contributed by atoms with van der Waals surface area (Å²) in [4.78, 5) is 19.3. The van der Waals surface area contributed by atoms with Gasteiger partial charge in [-0.3, -0.25) is 9.36 Å². The molecule has 0 spiro atoms. The van der Waals surface area contributed by atoms with Crippen LogP contribution in [0.2, 0.25) is 0 Å². The van der Waals surface area contributed by atoms with Crippen LogP contribution in [0.1, 0.15) is 11.1 Å². The Morgan fingerprint density at radius 2 is 1.71 bits per heavy atom. The van der Waals surface area contributed by atoms with Gasteiger partial charge in [0.05, 0.1) is 11.9 Å². The van der Waals surface area contributed by atoms with Crippen LogP contribution in [0, 0.1) is 12.7 Å². The Hall–Kier alpha value is -3.57. The summed E-state index contributed by atoms with van der Waals surface area (Å²) in [6.07, 6.45) is 0. The number of aryl methyl sites for hydroxylation is 1. The number of benzene rings is 3. The van der Waals surface area contributed by atoms with Gasteiger partial charge in [0.1, 0.15) is 16.5 Å². The molecule has 0 atom stereocenters. The second-order valence-electron chi connectivity index (χ2n) is 7.52. The summed E-state index contributed by atoms with van der Waals surface area (Å²) in [7, 11) is 0. The molecule has 2 heterocycles. The Labute approximate surface area is 183 Å². The van der Waals surface area contributed by atoms with E-state index in [0.29, 0.717) is 21.6 Å². The lowest BCUT2D eigenvalue weighted by atomic mass is 10.0. The van der Waals surface area contributed by atoms with Crippen molar-refractivity contribution in [1.82, 2.24) is 9.55 Å². The molecule has 3 aromatic carbocycles. The highest BCUT2D eigenvalue weighted by Crippen LogP contribution is 2.32. The first-order valence-corrected chi connectivity index (χ1v) is 10.9. The molecule has 0 radical (unpaired) electrons. The van der Waals surface area contributed by atoms with Crippen LogP contribution in [-0.2, 0) is 6.54 Å². The van der Waals surface area contributed by atoms with Gasteiger partial charge in [0.25, 0.3) is 5.56 Å². The van der Waals surface area contributed by atoms with E-state index in [1.807, 2.05) is 73.0 Å². The van der Waals surface area contributed by atoms with Crippen molar-refractivity contribution in [2.24, 2.45) is 0 Å². The fourth-order valence-electron chi connectivity index (χ4n) is 3.74. The van der Waals surface area contributed by atoms with Crippen LogP contribution >= 0.6 is 11.3 Å². The fourth-order valence-corrected chi connectivity index (χ4v) is 4.68. The minimum Gasteiger partial charge on any atom is -0.288 e. The molecule has 31 heavy (non-hydrogen) atoms. The lowest BCUT2D eigenvalue weighted by Gasteiger charge is -2.13. The zero-order valence-electron chi connectivity index (χ0n) is 16.9. The summed E-state index contributed by atoms with van der Waals surface area (Å²) in [5.74, 6) is 0.261. The van der Waals surface area contributed by atoms with Crippen LogP contribution in [0.5, 0.6) is 0 Å². The molecule has 0 saturated carbocycles. The third-order valence-electron chi connectivity index (χ3n) is 5.32. The van der Waals surface area contributed by atoms with E-state index in [0.717, 1.165) is 22.3 Å². The van der Waals surface area contributed by atoms with Gasteiger partial charge in [-0.05, 0) is 30.2 Å². The fraction of sp³-hybridized carbons (Fsp3) is 0.0769. The highest BCUT2D eigenvalue weighted by atomic mass is 32.1. The summed E-state index contributed by atoms with van der Waals surface area (Å²) in [5, 5.41) is 2.59. The molecule has 0 aliphatic rings. The number of hydrogen-bond acceptors (Lipinski definition) is 3. The van der Waals surface area contributed by atoms with Gasteiger partial charge in [-0.2, -0.15) is 0 Å². The molecule has 0 fully saturated rings. The molecule has 152 valence electrons. The first kappa shape index (κ1) is 19.4. The van der Waals surface area contributed by atoms with Gasteiger partial charge in [-0.25, -0.2) is 9.37 Å². The van der Waals surface area contributed by atoms with Crippen LogP contribution in [-0.4, -0.2) is 9.55 Å². The third kappa shape index (κ3) is 3.68. The molecular formula is C26H19FN2OS. The van der Waals surface area contributed by atoms with Crippen molar-refractivity contribution in [2.75, 3.05) is 0 Å². The average Bonchev–Trinajstić information content (AvgIpc) is 3.21. The van der Waals surface area contributed by atoms with Crippen LogP contribution in [0.15, 0.2) is 89.0 Å². The first-order valence-electron chi connectivity index (χ1n) is 9.99.